The summed E-state index contributed by atoms with van der Waals surface area (Å²) in [4.78, 5) is 24.9. The smallest absolute Gasteiger partial charge is 0.340 e. The predicted molar refractivity (Wildman–Crippen MR) is 124 cm³/mol. The zero-order valence-electron chi connectivity index (χ0n) is 19.9. The van der Waals surface area contributed by atoms with Gasteiger partial charge in [-0.15, -0.1) is 6.58 Å². The molecular formula is C25H28O13. The van der Waals surface area contributed by atoms with Crippen LogP contribution in [0.2, 0.25) is 0 Å². The molecule has 0 unspecified atom stereocenters. The van der Waals surface area contributed by atoms with Crippen LogP contribution in [0.25, 0.3) is 6.08 Å². The maximum atomic E-state index is 12.6. The van der Waals surface area contributed by atoms with Gasteiger partial charge in [0.25, 0.3) is 0 Å². The number of aromatic hydroxyl groups is 2. The van der Waals surface area contributed by atoms with Crippen LogP contribution < -0.4 is 0 Å². The zero-order valence-corrected chi connectivity index (χ0v) is 19.9. The molecule has 1 aromatic rings. The summed E-state index contributed by atoms with van der Waals surface area (Å²) >= 11 is 0. The van der Waals surface area contributed by atoms with Crippen LogP contribution in [-0.2, 0) is 33.3 Å². The molecule has 0 spiro atoms. The molecule has 0 radical (unpaired) electrons. The van der Waals surface area contributed by atoms with Gasteiger partial charge in [0.15, 0.2) is 17.8 Å². The third-order valence-electron chi connectivity index (χ3n) is 6.48. The van der Waals surface area contributed by atoms with Gasteiger partial charge in [-0.25, -0.2) is 9.59 Å². The Balaban J connectivity index is 1.43. The van der Waals surface area contributed by atoms with E-state index in [1.807, 2.05) is 0 Å². The van der Waals surface area contributed by atoms with Crippen LogP contribution in [0.5, 0.6) is 11.5 Å². The van der Waals surface area contributed by atoms with Crippen LogP contribution in [0.3, 0.4) is 0 Å². The lowest BCUT2D eigenvalue weighted by Crippen LogP contribution is -2.60. The lowest BCUT2D eigenvalue weighted by Gasteiger charge is -2.44. The van der Waals surface area contributed by atoms with E-state index >= 15 is 0 Å². The molecule has 0 saturated carbocycles. The molecular weight excluding hydrogens is 508 g/mol. The van der Waals surface area contributed by atoms with Gasteiger partial charge in [-0.1, -0.05) is 12.1 Å². The van der Waals surface area contributed by atoms with Gasteiger partial charge in [0, 0.05) is 24.3 Å². The largest absolute Gasteiger partial charge is 0.504 e. The molecule has 0 bridgehead atoms. The first-order valence-electron chi connectivity index (χ1n) is 11.7. The van der Waals surface area contributed by atoms with Crippen LogP contribution in [0.1, 0.15) is 12.0 Å². The Hall–Kier alpha value is -3.46. The summed E-state index contributed by atoms with van der Waals surface area (Å²) in [7, 11) is 0. The van der Waals surface area contributed by atoms with Crippen LogP contribution in [0, 0.1) is 11.8 Å². The molecule has 3 aliphatic rings. The topological polar surface area (TPSA) is 202 Å². The normalized spacial score (nSPS) is 35.0. The molecule has 0 amide bonds. The third-order valence-corrected chi connectivity index (χ3v) is 6.48. The zero-order chi connectivity index (χ0) is 27.6. The van der Waals surface area contributed by atoms with Gasteiger partial charge in [-0.3, -0.25) is 0 Å². The molecule has 9 atom stereocenters. The van der Waals surface area contributed by atoms with Gasteiger partial charge in [0.05, 0.1) is 18.4 Å². The van der Waals surface area contributed by atoms with Crippen LogP contribution in [0.4, 0.5) is 0 Å². The van der Waals surface area contributed by atoms with Gasteiger partial charge >= 0.3 is 11.9 Å². The number of cyclic esters (lactones) is 1. The fraction of sp³-hybridized carbons (Fsp3) is 0.440. The number of carbonyl (C=O) groups is 2. The molecule has 38 heavy (non-hydrogen) atoms. The van der Waals surface area contributed by atoms with Crippen molar-refractivity contribution in [3.63, 3.8) is 0 Å². The van der Waals surface area contributed by atoms with Gasteiger partial charge < -0.3 is 54.3 Å². The minimum Gasteiger partial charge on any atom is -0.504 e. The minimum atomic E-state index is -1.67. The number of rotatable bonds is 7. The van der Waals surface area contributed by atoms with Crippen molar-refractivity contribution in [3.8, 4) is 11.5 Å². The first kappa shape index (κ1) is 27.6. The number of fused-ring (bicyclic) bond motifs is 1. The highest BCUT2D eigenvalue weighted by molar-refractivity contribution is 5.91. The predicted octanol–water partition coefficient (Wildman–Crippen LogP) is -0.598. The number of ether oxygens (including phenoxy) is 5. The van der Waals surface area contributed by atoms with Crippen LogP contribution >= 0.6 is 0 Å². The first-order chi connectivity index (χ1) is 18.1. The van der Waals surface area contributed by atoms with Crippen molar-refractivity contribution < 1.29 is 63.9 Å². The van der Waals surface area contributed by atoms with Gasteiger partial charge in [0.1, 0.15) is 24.4 Å². The number of phenols is 2. The summed E-state index contributed by atoms with van der Waals surface area (Å²) in [5.74, 6) is -3.65. The average Bonchev–Trinajstić information content (AvgIpc) is 2.89. The Kier molecular flexibility index (Phi) is 8.35. The fourth-order valence-electron chi connectivity index (χ4n) is 4.40. The standard InChI is InChI=1S/C25H28O13/c1-2-12-13-8-19(36-18(29)6-4-11-3-5-15(27)16(28)7-11)37-23(33)14(13)10-34-24(12)38-25-22(32)21(31)20(30)17(9-26)35-25/h2-7,10,12-13,17,19-22,24-28,30-32H,1,8-9H2/b6-4+/t12-,13+,17-,19+,20-,21+,22-,24+,25+/m1/s1. The molecule has 6 N–H and O–H groups in total. The molecule has 13 heteroatoms. The van der Waals surface area contributed by atoms with Crippen molar-refractivity contribution >= 4 is 18.0 Å². The van der Waals surface area contributed by atoms with E-state index in [4.69, 9.17) is 23.7 Å². The molecule has 3 heterocycles. The van der Waals surface area contributed by atoms with Crippen LogP contribution in [-0.4, -0.2) is 92.5 Å². The number of hydrogen-bond acceptors (Lipinski definition) is 13. The van der Waals surface area contributed by atoms with E-state index in [9.17, 15) is 40.2 Å². The summed E-state index contributed by atoms with van der Waals surface area (Å²) in [6, 6.07) is 3.95. The highest BCUT2D eigenvalue weighted by Gasteiger charge is 2.49. The molecule has 206 valence electrons. The average molecular weight is 536 g/mol. The molecule has 2 saturated heterocycles. The van der Waals surface area contributed by atoms with E-state index in [0.29, 0.717) is 5.56 Å². The summed E-state index contributed by atoms with van der Waals surface area (Å²) < 4.78 is 27.0. The van der Waals surface area contributed by atoms with Gasteiger partial charge in [-0.2, -0.15) is 0 Å². The summed E-state index contributed by atoms with van der Waals surface area (Å²) in [6.07, 6.45) is -5.01. The number of aliphatic hydroxyl groups excluding tert-OH is 4. The molecule has 0 aliphatic carbocycles. The molecule has 13 nitrogen and oxygen atoms in total. The summed E-state index contributed by atoms with van der Waals surface area (Å²) in [5, 5.41) is 58.6. The number of phenolic OH excluding ortho intramolecular Hbond substituents is 2. The Bertz CT molecular complexity index is 1110. The quantitative estimate of drug-likeness (QED) is 0.112. The maximum absolute atomic E-state index is 12.6. The van der Waals surface area contributed by atoms with Crippen molar-refractivity contribution in [3.05, 3.63) is 54.3 Å². The van der Waals surface area contributed by atoms with Crippen molar-refractivity contribution in [1.82, 2.24) is 0 Å². The summed E-state index contributed by atoms with van der Waals surface area (Å²) in [5.41, 5.74) is 0.554. The second-order valence-electron chi connectivity index (χ2n) is 8.92. The van der Waals surface area contributed by atoms with E-state index < -0.39 is 73.7 Å². The summed E-state index contributed by atoms with van der Waals surface area (Å²) in [6.45, 7) is 3.11. The molecule has 1 aromatic carbocycles. The van der Waals surface area contributed by atoms with E-state index in [2.05, 4.69) is 6.58 Å². The molecule has 4 rings (SSSR count). The first-order valence-corrected chi connectivity index (χ1v) is 11.7. The molecule has 3 aliphatic heterocycles. The third kappa shape index (κ3) is 5.67. The number of carbonyl (C=O) groups excluding carboxylic acids is 2. The number of benzene rings is 1. The van der Waals surface area contributed by atoms with Crippen LogP contribution in [0.15, 0.2) is 48.8 Å². The number of esters is 2. The minimum absolute atomic E-state index is 0.0196. The number of hydrogen-bond donors (Lipinski definition) is 6. The van der Waals surface area contributed by atoms with Crippen molar-refractivity contribution in [1.29, 1.82) is 0 Å². The maximum Gasteiger partial charge on any atom is 0.340 e. The van der Waals surface area contributed by atoms with E-state index in [1.165, 1.54) is 30.4 Å². The Morgan fingerprint density at radius 3 is 2.55 bits per heavy atom. The lowest BCUT2D eigenvalue weighted by molar-refractivity contribution is -0.340. The number of aliphatic hydroxyl groups is 4. The SMILES string of the molecule is C=C[C@H]1[C@H](O[C@@H]2O[C@H](CO)[C@@H](O)[C@H](O)[C@H]2O)OC=C2C(=O)O[C@H](OC(=O)/C=C/c3ccc(O)c(O)c3)C[C@H]21. The Morgan fingerprint density at radius 2 is 1.87 bits per heavy atom. The van der Waals surface area contributed by atoms with Crippen molar-refractivity contribution in [2.24, 2.45) is 11.8 Å². The fourth-order valence-corrected chi connectivity index (χ4v) is 4.40. The Morgan fingerprint density at radius 1 is 1.11 bits per heavy atom. The van der Waals surface area contributed by atoms with Gasteiger partial charge in [0.2, 0.25) is 12.6 Å². The highest BCUT2D eigenvalue weighted by Crippen LogP contribution is 2.40. The highest BCUT2D eigenvalue weighted by atomic mass is 16.8. The van der Waals surface area contributed by atoms with Crippen molar-refractivity contribution in [2.45, 2.75) is 49.7 Å². The lowest BCUT2D eigenvalue weighted by atomic mass is 9.80. The Labute approximate surface area is 216 Å². The van der Waals surface area contributed by atoms with Gasteiger partial charge in [-0.05, 0) is 23.8 Å². The van der Waals surface area contributed by atoms with E-state index in [0.717, 1.165) is 12.3 Å². The second kappa shape index (κ2) is 11.5. The second-order valence-corrected chi connectivity index (χ2v) is 8.92. The molecule has 0 aromatic heterocycles. The monoisotopic (exact) mass is 536 g/mol. The van der Waals surface area contributed by atoms with Crippen molar-refractivity contribution in [2.75, 3.05) is 6.61 Å². The van der Waals surface area contributed by atoms with E-state index in [1.54, 1.807) is 0 Å². The van der Waals surface area contributed by atoms with E-state index in [-0.39, 0.29) is 23.5 Å². The molecule has 2 fully saturated rings.